The molecule has 82 valence electrons. The van der Waals surface area contributed by atoms with Gasteiger partial charge in [-0.3, -0.25) is 0 Å². The van der Waals surface area contributed by atoms with Gasteiger partial charge in [0.1, 0.15) is 0 Å². The standard InChI is InChI=1S/C13H17IO/c1-9-3-2-4-12(14)13(9)10-5-7-11(15)8-6-10/h2-4,10-11,15H,5-8H2,1H3. The van der Waals surface area contributed by atoms with Crippen molar-refractivity contribution < 1.29 is 5.11 Å². The SMILES string of the molecule is Cc1cccc(I)c1C1CCC(O)CC1. The highest BCUT2D eigenvalue weighted by Crippen LogP contribution is 2.36. The Kier molecular flexibility index (Phi) is 3.67. The zero-order valence-corrected chi connectivity index (χ0v) is 11.2. The predicted octanol–water partition coefficient (Wildman–Crippen LogP) is 3.62. The molecule has 1 aromatic rings. The van der Waals surface area contributed by atoms with Crippen LogP contribution in [0.15, 0.2) is 18.2 Å². The maximum Gasteiger partial charge on any atom is 0.0540 e. The van der Waals surface area contributed by atoms with Gasteiger partial charge in [0.05, 0.1) is 6.10 Å². The van der Waals surface area contributed by atoms with E-state index < -0.39 is 0 Å². The lowest BCUT2D eigenvalue weighted by Gasteiger charge is -2.27. The third-order valence-electron chi connectivity index (χ3n) is 3.38. The van der Waals surface area contributed by atoms with Crippen molar-refractivity contribution in [3.8, 4) is 0 Å². The quantitative estimate of drug-likeness (QED) is 0.785. The monoisotopic (exact) mass is 316 g/mol. The Labute approximate surface area is 105 Å². The molecular formula is C13H17IO. The number of rotatable bonds is 1. The van der Waals surface area contributed by atoms with Crippen LogP contribution in [-0.4, -0.2) is 11.2 Å². The van der Waals surface area contributed by atoms with E-state index in [-0.39, 0.29) is 6.10 Å². The number of aliphatic hydroxyl groups excluding tert-OH is 1. The Morgan fingerprint density at radius 2 is 1.87 bits per heavy atom. The molecule has 0 amide bonds. The summed E-state index contributed by atoms with van der Waals surface area (Å²) in [4.78, 5) is 0. The summed E-state index contributed by atoms with van der Waals surface area (Å²) in [6, 6.07) is 6.51. The van der Waals surface area contributed by atoms with Crippen LogP contribution in [0.4, 0.5) is 0 Å². The average molecular weight is 316 g/mol. The minimum absolute atomic E-state index is 0.0528. The highest BCUT2D eigenvalue weighted by molar-refractivity contribution is 14.1. The average Bonchev–Trinajstić information content (AvgIpc) is 2.20. The van der Waals surface area contributed by atoms with Gasteiger partial charge in [-0.25, -0.2) is 0 Å². The molecule has 1 aromatic carbocycles. The predicted molar refractivity (Wildman–Crippen MR) is 71.1 cm³/mol. The Hall–Kier alpha value is -0.0900. The smallest absolute Gasteiger partial charge is 0.0540 e. The summed E-state index contributed by atoms with van der Waals surface area (Å²) in [6.45, 7) is 2.20. The van der Waals surface area contributed by atoms with Crippen molar-refractivity contribution in [2.75, 3.05) is 0 Å². The molecular weight excluding hydrogens is 299 g/mol. The Balaban J connectivity index is 2.22. The van der Waals surface area contributed by atoms with Gasteiger partial charge in [0, 0.05) is 3.57 Å². The van der Waals surface area contributed by atoms with Crippen LogP contribution in [0, 0.1) is 10.5 Å². The summed E-state index contributed by atoms with van der Waals surface area (Å²) >= 11 is 2.43. The molecule has 15 heavy (non-hydrogen) atoms. The maximum absolute atomic E-state index is 9.51. The van der Waals surface area contributed by atoms with Gasteiger partial charge in [0.25, 0.3) is 0 Å². The molecule has 0 aromatic heterocycles. The Bertz CT molecular complexity index is 320. The van der Waals surface area contributed by atoms with Crippen LogP contribution < -0.4 is 0 Å². The first-order valence-corrected chi connectivity index (χ1v) is 6.69. The first kappa shape index (κ1) is 11.4. The fourth-order valence-corrected chi connectivity index (χ4v) is 3.60. The fraction of sp³-hybridized carbons (Fsp3) is 0.538. The molecule has 0 radical (unpaired) electrons. The second kappa shape index (κ2) is 4.83. The minimum Gasteiger partial charge on any atom is -0.393 e. The van der Waals surface area contributed by atoms with Gasteiger partial charge in [-0.1, -0.05) is 12.1 Å². The van der Waals surface area contributed by atoms with Crippen LogP contribution in [-0.2, 0) is 0 Å². The van der Waals surface area contributed by atoms with E-state index in [2.05, 4.69) is 47.7 Å². The van der Waals surface area contributed by atoms with E-state index in [1.54, 1.807) is 0 Å². The molecule has 0 atom stereocenters. The molecule has 1 saturated carbocycles. The highest BCUT2D eigenvalue weighted by atomic mass is 127. The summed E-state index contributed by atoms with van der Waals surface area (Å²) < 4.78 is 1.38. The second-order valence-corrected chi connectivity index (χ2v) is 5.64. The van der Waals surface area contributed by atoms with E-state index in [4.69, 9.17) is 0 Å². The molecule has 1 nitrogen and oxygen atoms in total. The Morgan fingerprint density at radius 3 is 2.47 bits per heavy atom. The van der Waals surface area contributed by atoms with Crippen molar-refractivity contribution in [3.63, 3.8) is 0 Å². The van der Waals surface area contributed by atoms with E-state index >= 15 is 0 Å². The number of hydrogen-bond donors (Lipinski definition) is 1. The molecule has 0 saturated heterocycles. The fourth-order valence-electron chi connectivity index (χ4n) is 2.53. The summed E-state index contributed by atoms with van der Waals surface area (Å²) in [5.41, 5.74) is 2.92. The molecule has 1 aliphatic carbocycles. The lowest BCUT2D eigenvalue weighted by Crippen LogP contribution is -2.18. The molecule has 0 unspecified atom stereocenters. The molecule has 0 heterocycles. The number of halogens is 1. The molecule has 1 N–H and O–H groups in total. The Morgan fingerprint density at radius 1 is 1.20 bits per heavy atom. The third-order valence-corrected chi connectivity index (χ3v) is 4.32. The topological polar surface area (TPSA) is 20.2 Å². The van der Waals surface area contributed by atoms with Crippen molar-refractivity contribution in [1.29, 1.82) is 0 Å². The maximum atomic E-state index is 9.51. The summed E-state index contributed by atoms with van der Waals surface area (Å²) in [5, 5.41) is 9.51. The van der Waals surface area contributed by atoms with E-state index in [1.807, 2.05) is 0 Å². The number of benzene rings is 1. The zero-order chi connectivity index (χ0) is 10.8. The van der Waals surface area contributed by atoms with Crippen LogP contribution in [0.3, 0.4) is 0 Å². The van der Waals surface area contributed by atoms with Crippen molar-refractivity contribution in [2.24, 2.45) is 0 Å². The van der Waals surface area contributed by atoms with E-state index in [9.17, 15) is 5.11 Å². The molecule has 2 rings (SSSR count). The van der Waals surface area contributed by atoms with Crippen molar-refractivity contribution in [3.05, 3.63) is 32.9 Å². The number of hydrogen-bond acceptors (Lipinski definition) is 1. The third kappa shape index (κ3) is 2.53. The van der Waals surface area contributed by atoms with Gasteiger partial charge in [-0.15, -0.1) is 0 Å². The summed E-state index contributed by atoms with van der Waals surface area (Å²) in [6.07, 6.45) is 4.16. The van der Waals surface area contributed by atoms with Crippen molar-refractivity contribution in [2.45, 2.75) is 44.6 Å². The lowest BCUT2D eigenvalue weighted by atomic mass is 9.81. The highest BCUT2D eigenvalue weighted by Gasteiger charge is 2.23. The van der Waals surface area contributed by atoms with Gasteiger partial charge in [-0.05, 0) is 78.3 Å². The summed E-state index contributed by atoms with van der Waals surface area (Å²) in [7, 11) is 0. The molecule has 1 fully saturated rings. The van der Waals surface area contributed by atoms with Crippen LogP contribution >= 0.6 is 22.6 Å². The van der Waals surface area contributed by atoms with Crippen molar-refractivity contribution in [1.82, 2.24) is 0 Å². The summed E-state index contributed by atoms with van der Waals surface area (Å²) in [5.74, 6) is 0.668. The van der Waals surface area contributed by atoms with Gasteiger partial charge < -0.3 is 5.11 Å². The zero-order valence-electron chi connectivity index (χ0n) is 9.04. The van der Waals surface area contributed by atoms with Crippen LogP contribution in [0.5, 0.6) is 0 Å². The van der Waals surface area contributed by atoms with Gasteiger partial charge in [0.15, 0.2) is 0 Å². The van der Waals surface area contributed by atoms with Crippen LogP contribution in [0.1, 0.15) is 42.7 Å². The molecule has 2 heteroatoms. The molecule has 0 spiro atoms. The lowest BCUT2D eigenvalue weighted by molar-refractivity contribution is 0.122. The first-order valence-electron chi connectivity index (χ1n) is 5.61. The number of aliphatic hydroxyl groups is 1. The van der Waals surface area contributed by atoms with Gasteiger partial charge in [0.2, 0.25) is 0 Å². The largest absolute Gasteiger partial charge is 0.393 e. The minimum atomic E-state index is -0.0528. The molecule has 1 aliphatic rings. The van der Waals surface area contributed by atoms with Crippen molar-refractivity contribution >= 4 is 22.6 Å². The van der Waals surface area contributed by atoms with E-state index in [0.29, 0.717) is 5.92 Å². The first-order chi connectivity index (χ1) is 7.18. The normalized spacial score (nSPS) is 26.6. The second-order valence-electron chi connectivity index (χ2n) is 4.48. The number of aryl methyl sites for hydroxylation is 1. The molecule has 0 aliphatic heterocycles. The van der Waals surface area contributed by atoms with E-state index in [0.717, 1.165) is 25.7 Å². The van der Waals surface area contributed by atoms with Gasteiger partial charge in [-0.2, -0.15) is 0 Å². The van der Waals surface area contributed by atoms with Crippen LogP contribution in [0.25, 0.3) is 0 Å². The van der Waals surface area contributed by atoms with Gasteiger partial charge >= 0.3 is 0 Å². The van der Waals surface area contributed by atoms with Crippen LogP contribution in [0.2, 0.25) is 0 Å². The van der Waals surface area contributed by atoms with E-state index in [1.165, 1.54) is 14.7 Å². The molecule has 0 bridgehead atoms.